The molecule has 116 valence electrons. The molecular formula is C15H21NO5. The average molecular weight is 295 g/mol. The summed E-state index contributed by atoms with van der Waals surface area (Å²) in [7, 11) is 1.31. The van der Waals surface area contributed by atoms with E-state index in [-0.39, 0.29) is 24.5 Å². The van der Waals surface area contributed by atoms with Crippen molar-refractivity contribution in [3.05, 3.63) is 23.8 Å². The first kappa shape index (κ1) is 16.8. The molecule has 1 aromatic carbocycles. The van der Waals surface area contributed by atoms with E-state index in [1.54, 1.807) is 26.8 Å². The van der Waals surface area contributed by atoms with E-state index in [0.29, 0.717) is 5.69 Å². The van der Waals surface area contributed by atoms with Gasteiger partial charge in [0.2, 0.25) is 0 Å². The first-order chi connectivity index (χ1) is 9.81. The molecule has 6 heteroatoms. The van der Waals surface area contributed by atoms with Crippen LogP contribution in [0.15, 0.2) is 18.2 Å². The minimum atomic E-state index is -0.842. The Hall–Kier alpha value is -2.24. The first-order valence-electron chi connectivity index (χ1n) is 6.59. The maximum atomic E-state index is 11.9. The van der Waals surface area contributed by atoms with Crippen LogP contribution in [0.4, 0.5) is 5.69 Å². The van der Waals surface area contributed by atoms with E-state index in [2.05, 4.69) is 0 Å². The Balaban J connectivity index is 2.94. The highest BCUT2D eigenvalue weighted by Gasteiger charge is 2.30. The van der Waals surface area contributed by atoms with Crippen LogP contribution in [0.5, 0.6) is 5.75 Å². The standard InChI is InChI=1S/C15H21NO5/c1-5-20-13(17)11-7-6-10(16)8-12(11)21-9-15(2,3)14(18)19-4/h6-8H,5,9,16H2,1-4H3. The quantitative estimate of drug-likeness (QED) is 0.638. The van der Waals surface area contributed by atoms with Crippen LogP contribution >= 0.6 is 0 Å². The zero-order valence-electron chi connectivity index (χ0n) is 12.8. The predicted molar refractivity (Wildman–Crippen MR) is 78.1 cm³/mol. The normalized spacial score (nSPS) is 10.9. The highest BCUT2D eigenvalue weighted by atomic mass is 16.5. The van der Waals surface area contributed by atoms with Crippen LogP contribution in [0.3, 0.4) is 0 Å². The second-order valence-corrected chi connectivity index (χ2v) is 5.14. The second kappa shape index (κ2) is 6.97. The molecule has 0 atom stereocenters. The molecular weight excluding hydrogens is 274 g/mol. The summed E-state index contributed by atoms with van der Waals surface area (Å²) in [5.41, 5.74) is 5.58. The van der Waals surface area contributed by atoms with Crippen LogP contribution in [0.1, 0.15) is 31.1 Å². The highest BCUT2D eigenvalue weighted by molar-refractivity contribution is 5.93. The van der Waals surface area contributed by atoms with Gasteiger partial charge in [-0.3, -0.25) is 4.79 Å². The van der Waals surface area contributed by atoms with E-state index >= 15 is 0 Å². The van der Waals surface area contributed by atoms with Crippen molar-refractivity contribution in [1.29, 1.82) is 0 Å². The predicted octanol–water partition coefficient (Wildman–Crippen LogP) is 2.02. The second-order valence-electron chi connectivity index (χ2n) is 5.14. The summed E-state index contributed by atoms with van der Waals surface area (Å²) < 4.78 is 15.3. The first-order valence-corrected chi connectivity index (χ1v) is 6.59. The van der Waals surface area contributed by atoms with E-state index in [1.165, 1.54) is 19.2 Å². The largest absolute Gasteiger partial charge is 0.491 e. The maximum Gasteiger partial charge on any atom is 0.341 e. The Morgan fingerprint density at radius 3 is 2.52 bits per heavy atom. The third kappa shape index (κ3) is 4.37. The molecule has 0 aliphatic carbocycles. The molecule has 0 aliphatic rings. The Morgan fingerprint density at radius 2 is 1.95 bits per heavy atom. The molecule has 6 nitrogen and oxygen atoms in total. The van der Waals surface area contributed by atoms with Gasteiger partial charge in [-0.15, -0.1) is 0 Å². The van der Waals surface area contributed by atoms with Crippen molar-refractivity contribution in [3.63, 3.8) is 0 Å². The number of carbonyl (C=O) groups excluding carboxylic acids is 2. The van der Waals surface area contributed by atoms with Crippen LogP contribution in [0.25, 0.3) is 0 Å². The lowest BCUT2D eigenvalue weighted by molar-refractivity contribution is -0.152. The lowest BCUT2D eigenvalue weighted by atomic mass is 9.95. The minimum absolute atomic E-state index is 0.0511. The van der Waals surface area contributed by atoms with Gasteiger partial charge in [-0.05, 0) is 32.9 Å². The Bertz CT molecular complexity index is 525. The van der Waals surface area contributed by atoms with Crippen LogP contribution in [-0.2, 0) is 14.3 Å². The van der Waals surface area contributed by atoms with Gasteiger partial charge in [-0.1, -0.05) is 0 Å². The summed E-state index contributed by atoms with van der Waals surface area (Å²) >= 11 is 0. The molecule has 0 fully saturated rings. The van der Waals surface area contributed by atoms with Crippen molar-refractivity contribution >= 4 is 17.6 Å². The maximum absolute atomic E-state index is 11.9. The van der Waals surface area contributed by atoms with E-state index in [0.717, 1.165) is 0 Å². The third-order valence-electron chi connectivity index (χ3n) is 2.83. The summed E-state index contributed by atoms with van der Waals surface area (Å²) in [4.78, 5) is 23.5. The number of methoxy groups -OCH3 is 1. The molecule has 0 unspecified atom stereocenters. The third-order valence-corrected chi connectivity index (χ3v) is 2.83. The van der Waals surface area contributed by atoms with E-state index < -0.39 is 17.4 Å². The molecule has 0 amide bonds. The number of nitrogens with two attached hydrogens (primary N) is 1. The molecule has 0 heterocycles. The fraction of sp³-hybridized carbons (Fsp3) is 0.467. The number of benzene rings is 1. The van der Waals surface area contributed by atoms with Crippen molar-refractivity contribution in [2.45, 2.75) is 20.8 Å². The fourth-order valence-electron chi connectivity index (χ4n) is 1.63. The summed E-state index contributed by atoms with van der Waals surface area (Å²) in [6.45, 7) is 5.41. The van der Waals surface area contributed by atoms with Gasteiger partial charge >= 0.3 is 11.9 Å². The summed E-state index contributed by atoms with van der Waals surface area (Å²) in [6, 6.07) is 4.65. The van der Waals surface area contributed by atoms with E-state index in [4.69, 9.17) is 19.9 Å². The van der Waals surface area contributed by atoms with Crippen molar-refractivity contribution in [2.75, 3.05) is 26.1 Å². The van der Waals surface area contributed by atoms with Gasteiger partial charge in [-0.2, -0.15) is 0 Å². The van der Waals surface area contributed by atoms with Gasteiger partial charge in [0.1, 0.15) is 17.9 Å². The number of hydrogen-bond donors (Lipinski definition) is 1. The molecule has 0 radical (unpaired) electrons. The van der Waals surface area contributed by atoms with Crippen molar-refractivity contribution in [2.24, 2.45) is 5.41 Å². The molecule has 0 bridgehead atoms. The number of ether oxygens (including phenoxy) is 3. The van der Waals surface area contributed by atoms with Crippen LogP contribution in [-0.4, -0.2) is 32.3 Å². The molecule has 0 saturated carbocycles. The van der Waals surface area contributed by atoms with Crippen molar-refractivity contribution in [3.8, 4) is 5.75 Å². The zero-order chi connectivity index (χ0) is 16.0. The lowest BCUT2D eigenvalue weighted by Crippen LogP contribution is -2.32. The molecule has 0 spiro atoms. The van der Waals surface area contributed by atoms with Gasteiger partial charge in [0.15, 0.2) is 0 Å². The average Bonchev–Trinajstić information content (AvgIpc) is 2.44. The van der Waals surface area contributed by atoms with Gasteiger partial charge in [0.05, 0.1) is 19.1 Å². The number of rotatable bonds is 6. The van der Waals surface area contributed by atoms with Gasteiger partial charge in [-0.25, -0.2) is 4.79 Å². The summed E-state index contributed by atoms with van der Waals surface area (Å²) in [5.74, 6) is -0.613. The number of anilines is 1. The Morgan fingerprint density at radius 1 is 1.29 bits per heavy atom. The molecule has 2 N–H and O–H groups in total. The molecule has 0 aliphatic heterocycles. The van der Waals surface area contributed by atoms with E-state index in [1.807, 2.05) is 0 Å². The summed E-state index contributed by atoms with van der Waals surface area (Å²) in [5, 5.41) is 0. The summed E-state index contributed by atoms with van der Waals surface area (Å²) in [6.07, 6.45) is 0. The van der Waals surface area contributed by atoms with Crippen molar-refractivity contribution in [1.82, 2.24) is 0 Å². The van der Waals surface area contributed by atoms with Crippen LogP contribution in [0, 0.1) is 5.41 Å². The Kier molecular flexibility index (Phi) is 5.58. The monoisotopic (exact) mass is 295 g/mol. The van der Waals surface area contributed by atoms with Crippen LogP contribution < -0.4 is 10.5 Å². The molecule has 0 saturated heterocycles. The van der Waals surface area contributed by atoms with Gasteiger partial charge in [0.25, 0.3) is 0 Å². The van der Waals surface area contributed by atoms with Crippen molar-refractivity contribution < 1.29 is 23.8 Å². The molecule has 1 rings (SSSR count). The zero-order valence-corrected chi connectivity index (χ0v) is 12.8. The topological polar surface area (TPSA) is 87.9 Å². The minimum Gasteiger partial charge on any atom is -0.491 e. The smallest absolute Gasteiger partial charge is 0.341 e. The molecule has 0 aromatic heterocycles. The lowest BCUT2D eigenvalue weighted by Gasteiger charge is -2.22. The number of esters is 2. The number of nitrogen functional groups attached to an aromatic ring is 1. The van der Waals surface area contributed by atoms with E-state index in [9.17, 15) is 9.59 Å². The fourth-order valence-corrected chi connectivity index (χ4v) is 1.63. The Labute approximate surface area is 124 Å². The highest BCUT2D eigenvalue weighted by Crippen LogP contribution is 2.26. The van der Waals surface area contributed by atoms with Crippen LogP contribution in [0.2, 0.25) is 0 Å². The SMILES string of the molecule is CCOC(=O)c1ccc(N)cc1OCC(C)(C)C(=O)OC. The number of carbonyl (C=O) groups is 2. The van der Waals surface area contributed by atoms with Gasteiger partial charge in [0, 0.05) is 11.8 Å². The number of hydrogen-bond acceptors (Lipinski definition) is 6. The molecule has 21 heavy (non-hydrogen) atoms. The molecule has 1 aromatic rings. The van der Waals surface area contributed by atoms with Gasteiger partial charge < -0.3 is 19.9 Å².